The third kappa shape index (κ3) is 5.41. The second kappa shape index (κ2) is 10.1. The summed E-state index contributed by atoms with van der Waals surface area (Å²) < 4.78 is 0. The molecule has 3 aromatic rings. The number of anilines is 3. The van der Waals surface area contributed by atoms with Crippen molar-refractivity contribution in [1.82, 2.24) is 14.9 Å². The lowest BCUT2D eigenvalue weighted by molar-refractivity contribution is -0.113. The van der Waals surface area contributed by atoms with Crippen LogP contribution < -0.4 is 10.2 Å². The lowest BCUT2D eigenvalue weighted by atomic mass is 10.1. The smallest absolute Gasteiger partial charge is 0.250 e. The number of amides is 1. The molecule has 1 aliphatic rings. The van der Waals surface area contributed by atoms with Crippen LogP contribution in [-0.4, -0.2) is 40.9 Å². The Morgan fingerprint density at radius 2 is 2.06 bits per heavy atom. The Kier molecular flexibility index (Phi) is 6.97. The van der Waals surface area contributed by atoms with Crippen molar-refractivity contribution >= 4 is 33.9 Å². The van der Waals surface area contributed by atoms with Crippen molar-refractivity contribution < 1.29 is 4.79 Å². The van der Waals surface area contributed by atoms with Crippen LogP contribution in [0.1, 0.15) is 29.7 Å². The van der Waals surface area contributed by atoms with Crippen LogP contribution >= 0.6 is 11.3 Å². The SMILES string of the molecule is C=CC(=O)N(C)c1cccc(-c2cc(CN3CCCCC3)cc(Nc3ncc(C)s3)n2)c1. The summed E-state index contributed by atoms with van der Waals surface area (Å²) in [6.45, 7) is 8.80. The summed E-state index contributed by atoms with van der Waals surface area (Å²) in [5.74, 6) is 0.639. The maximum atomic E-state index is 12.1. The van der Waals surface area contributed by atoms with E-state index in [1.807, 2.05) is 37.4 Å². The standard InChI is InChI=1S/C25H29N5OS/c1-4-24(31)29(3)21-10-8-9-20(15-21)22-13-19(17-30-11-6-5-7-12-30)14-23(27-22)28-25-26-16-18(2)32-25/h4,8-10,13-16H,1,5-7,11-12,17H2,2-3H3,(H,26,27,28). The van der Waals surface area contributed by atoms with E-state index in [0.29, 0.717) is 0 Å². The minimum Gasteiger partial charge on any atom is -0.316 e. The van der Waals surface area contributed by atoms with Crippen molar-refractivity contribution in [3.63, 3.8) is 0 Å². The first-order valence-corrected chi connectivity index (χ1v) is 11.8. The monoisotopic (exact) mass is 447 g/mol. The van der Waals surface area contributed by atoms with Crippen LogP contribution in [-0.2, 0) is 11.3 Å². The molecule has 6 nitrogen and oxygen atoms in total. The number of thiazole rings is 1. The molecule has 166 valence electrons. The van der Waals surface area contributed by atoms with Gasteiger partial charge in [0.2, 0.25) is 5.91 Å². The van der Waals surface area contributed by atoms with E-state index >= 15 is 0 Å². The van der Waals surface area contributed by atoms with Gasteiger partial charge in [-0.1, -0.05) is 25.1 Å². The number of carbonyl (C=O) groups is 1. The summed E-state index contributed by atoms with van der Waals surface area (Å²) in [5, 5.41) is 4.21. The highest BCUT2D eigenvalue weighted by molar-refractivity contribution is 7.15. The zero-order valence-electron chi connectivity index (χ0n) is 18.7. The lowest BCUT2D eigenvalue weighted by Gasteiger charge is -2.26. The first-order valence-electron chi connectivity index (χ1n) is 10.9. The molecule has 0 radical (unpaired) electrons. The molecule has 1 aliphatic heterocycles. The number of aromatic nitrogens is 2. The van der Waals surface area contributed by atoms with Crippen molar-refractivity contribution in [3.05, 3.63) is 65.7 Å². The van der Waals surface area contributed by atoms with Crippen molar-refractivity contribution in [3.8, 4) is 11.3 Å². The molecule has 4 rings (SSSR count). The topological polar surface area (TPSA) is 61.4 Å². The number of aryl methyl sites for hydroxylation is 1. The summed E-state index contributed by atoms with van der Waals surface area (Å²) in [6, 6.07) is 12.2. The largest absolute Gasteiger partial charge is 0.316 e. The Labute approximate surface area is 193 Å². The Hall–Kier alpha value is -3.03. The molecular formula is C25H29N5OS. The fourth-order valence-corrected chi connectivity index (χ4v) is 4.60. The van der Waals surface area contributed by atoms with Gasteiger partial charge in [-0.15, -0.1) is 11.3 Å². The second-order valence-electron chi connectivity index (χ2n) is 8.14. The average Bonchev–Trinajstić information content (AvgIpc) is 3.23. The van der Waals surface area contributed by atoms with E-state index < -0.39 is 0 Å². The summed E-state index contributed by atoms with van der Waals surface area (Å²) in [4.78, 5) is 26.6. The minimum atomic E-state index is -0.143. The van der Waals surface area contributed by atoms with Crippen LogP contribution in [0.2, 0.25) is 0 Å². The fraction of sp³-hybridized carbons (Fsp3) is 0.320. The molecule has 0 bridgehead atoms. The number of likely N-dealkylation sites (N-methyl/N-ethyl adjacent to an activating group) is 1. The molecule has 7 heteroatoms. The molecule has 32 heavy (non-hydrogen) atoms. The number of nitrogens with zero attached hydrogens (tertiary/aromatic N) is 4. The number of nitrogens with one attached hydrogen (secondary N) is 1. The van der Waals surface area contributed by atoms with E-state index in [-0.39, 0.29) is 5.91 Å². The number of rotatable bonds is 7. The highest BCUT2D eigenvalue weighted by Crippen LogP contribution is 2.28. The number of piperidine rings is 1. The van der Waals surface area contributed by atoms with Crippen LogP contribution in [0, 0.1) is 6.92 Å². The van der Waals surface area contributed by atoms with Crippen LogP contribution in [0.15, 0.2) is 55.3 Å². The van der Waals surface area contributed by atoms with E-state index in [0.717, 1.165) is 52.4 Å². The van der Waals surface area contributed by atoms with E-state index in [1.165, 1.54) is 30.9 Å². The number of pyridine rings is 1. The summed E-state index contributed by atoms with van der Waals surface area (Å²) >= 11 is 1.61. The molecule has 0 spiro atoms. The fourth-order valence-electron chi connectivity index (χ4n) is 3.93. The Balaban J connectivity index is 1.68. The zero-order chi connectivity index (χ0) is 22.5. The third-order valence-electron chi connectivity index (χ3n) is 5.63. The third-order valence-corrected chi connectivity index (χ3v) is 6.46. The predicted molar refractivity (Wildman–Crippen MR) is 133 cm³/mol. The molecule has 0 aliphatic carbocycles. The van der Waals surface area contributed by atoms with Gasteiger partial charge in [-0.3, -0.25) is 9.69 Å². The highest BCUT2D eigenvalue weighted by atomic mass is 32.1. The number of hydrogen-bond donors (Lipinski definition) is 1. The second-order valence-corrected chi connectivity index (χ2v) is 9.37. The normalized spacial score (nSPS) is 14.2. The van der Waals surface area contributed by atoms with Crippen molar-refractivity contribution in [1.29, 1.82) is 0 Å². The molecule has 0 unspecified atom stereocenters. The zero-order valence-corrected chi connectivity index (χ0v) is 19.5. The molecule has 1 saturated heterocycles. The molecular weight excluding hydrogens is 418 g/mol. The Morgan fingerprint density at radius 3 is 2.78 bits per heavy atom. The van der Waals surface area contributed by atoms with Gasteiger partial charge >= 0.3 is 0 Å². The number of hydrogen-bond acceptors (Lipinski definition) is 6. The Bertz CT molecular complexity index is 1100. The van der Waals surface area contributed by atoms with E-state index in [1.54, 1.807) is 23.3 Å². The molecule has 1 aromatic carbocycles. The van der Waals surface area contributed by atoms with Crippen molar-refractivity contribution in [2.24, 2.45) is 0 Å². The van der Waals surface area contributed by atoms with Crippen molar-refractivity contribution in [2.75, 3.05) is 30.4 Å². The maximum absolute atomic E-state index is 12.1. The summed E-state index contributed by atoms with van der Waals surface area (Å²) in [7, 11) is 1.75. The summed E-state index contributed by atoms with van der Waals surface area (Å²) in [6.07, 6.45) is 7.02. The van der Waals surface area contributed by atoms with Crippen LogP contribution in [0.25, 0.3) is 11.3 Å². The van der Waals surface area contributed by atoms with Gasteiger partial charge in [-0.2, -0.15) is 0 Å². The first-order chi connectivity index (χ1) is 15.5. The van der Waals surface area contributed by atoms with E-state index in [9.17, 15) is 4.79 Å². The molecule has 2 aromatic heterocycles. The molecule has 1 amide bonds. The van der Waals surface area contributed by atoms with E-state index in [2.05, 4.69) is 33.9 Å². The lowest BCUT2D eigenvalue weighted by Crippen LogP contribution is -2.29. The van der Waals surface area contributed by atoms with Crippen molar-refractivity contribution in [2.45, 2.75) is 32.7 Å². The average molecular weight is 448 g/mol. The first kappa shape index (κ1) is 22.2. The Morgan fingerprint density at radius 1 is 1.25 bits per heavy atom. The molecule has 1 fully saturated rings. The number of carbonyl (C=O) groups excluding carboxylic acids is 1. The number of benzene rings is 1. The van der Waals surface area contributed by atoms with Gasteiger partial charge in [-0.05, 0) is 68.8 Å². The van der Waals surface area contributed by atoms with Crippen LogP contribution in [0.5, 0.6) is 0 Å². The maximum Gasteiger partial charge on any atom is 0.250 e. The number of likely N-dealkylation sites (tertiary alicyclic amines) is 1. The predicted octanol–water partition coefficient (Wildman–Crippen LogP) is 5.39. The van der Waals surface area contributed by atoms with Crippen LogP contribution in [0.3, 0.4) is 0 Å². The molecule has 0 atom stereocenters. The van der Waals surface area contributed by atoms with Gasteiger partial charge in [0.25, 0.3) is 0 Å². The van der Waals surface area contributed by atoms with Gasteiger partial charge in [0.1, 0.15) is 5.82 Å². The molecule has 1 N–H and O–H groups in total. The van der Waals surface area contributed by atoms with Gasteiger partial charge < -0.3 is 10.2 Å². The summed E-state index contributed by atoms with van der Waals surface area (Å²) in [5.41, 5.74) is 3.86. The van der Waals surface area contributed by atoms with Gasteiger partial charge in [0, 0.05) is 35.9 Å². The van der Waals surface area contributed by atoms with E-state index in [4.69, 9.17) is 4.98 Å². The minimum absolute atomic E-state index is 0.143. The van der Waals surface area contributed by atoms with Gasteiger partial charge in [-0.25, -0.2) is 9.97 Å². The molecule has 3 heterocycles. The van der Waals surface area contributed by atoms with Gasteiger partial charge in [0.15, 0.2) is 5.13 Å². The highest BCUT2D eigenvalue weighted by Gasteiger charge is 2.14. The van der Waals surface area contributed by atoms with Gasteiger partial charge in [0.05, 0.1) is 5.69 Å². The van der Waals surface area contributed by atoms with Crippen LogP contribution in [0.4, 0.5) is 16.6 Å². The quantitative estimate of drug-likeness (QED) is 0.492. The molecule has 0 saturated carbocycles.